The van der Waals surface area contributed by atoms with Crippen molar-refractivity contribution in [3.05, 3.63) is 17.5 Å². The first-order valence-electron chi connectivity index (χ1n) is 4.72. The number of aromatic nitrogens is 2. The van der Waals surface area contributed by atoms with Crippen LogP contribution in [0.2, 0.25) is 0 Å². The molecule has 84 valence electrons. The maximum Gasteiger partial charge on any atom is 0.254 e. The van der Waals surface area contributed by atoms with E-state index in [4.69, 9.17) is 0 Å². The van der Waals surface area contributed by atoms with Gasteiger partial charge in [-0.25, -0.2) is 0 Å². The summed E-state index contributed by atoms with van der Waals surface area (Å²) >= 11 is 0. The van der Waals surface area contributed by atoms with Crippen LogP contribution in [0.25, 0.3) is 0 Å². The summed E-state index contributed by atoms with van der Waals surface area (Å²) in [5.41, 5.74) is 1.65. The second-order valence-electron chi connectivity index (χ2n) is 3.55. The Morgan fingerprint density at radius 1 is 1.73 bits per heavy atom. The molecule has 2 heterocycles. The molecular weight excluding hydrogens is 216 g/mol. The molecule has 0 saturated heterocycles. The fourth-order valence-electron chi connectivity index (χ4n) is 1.67. The number of hydrogen-bond acceptors (Lipinski definition) is 3. The number of nitrogens with one attached hydrogen (secondary N) is 2. The maximum absolute atomic E-state index is 11.4. The molecule has 6 heteroatoms. The SMILES string of the molecule is CNC(=O)c1cnn2c1CNC(C)C2.Cl. The third kappa shape index (κ3) is 2.13. The fraction of sp³-hybridized carbons (Fsp3) is 0.556. The van der Waals surface area contributed by atoms with Gasteiger partial charge in [0.25, 0.3) is 5.91 Å². The molecule has 15 heavy (non-hydrogen) atoms. The summed E-state index contributed by atoms with van der Waals surface area (Å²) in [6.07, 6.45) is 1.63. The van der Waals surface area contributed by atoms with Crippen molar-refractivity contribution in [2.24, 2.45) is 0 Å². The Morgan fingerprint density at radius 3 is 3.13 bits per heavy atom. The second kappa shape index (κ2) is 4.63. The summed E-state index contributed by atoms with van der Waals surface area (Å²) in [6.45, 7) is 3.64. The van der Waals surface area contributed by atoms with Crippen LogP contribution in [0.5, 0.6) is 0 Å². The van der Waals surface area contributed by atoms with Gasteiger partial charge in [0, 0.05) is 19.6 Å². The number of halogens is 1. The van der Waals surface area contributed by atoms with E-state index in [1.165, 1.54) is 0 Å². The van der Waals surface area contributed by atoms with Gasteiger partial charge in [-0.3, -0.25) is 9.48 Å². The lowest BCUT2D eigenvalue weighted by Crippen LogP contribution is -2.37. The van der Waals surface area contributed by atoms with Crippen LogP contribution in [-0.2, 0) is 13.1 Å². The lowest BCUT2D eigenvalue weighted by molar-refractivity contribution is 0.0961. The molecule has 0 saturated carbocycles. The van der Waals surface area contributed by atoms with E-state index in [-0.39, 0.29) is 18.3 Å². The maximum atomic E-state index is 11.4. The molecule has 1 unspecified atom stereocenters. The van der Waals surface area contributed by atoms with Crippen LogP contribution in [0.4, 0.5) is 0 Å². The Bertz CT molecular complexity index is 363. The first-order chi connectivity index (χ1) is 6.72. The zero-order valence-electron chi connectivity index (χ0n) is 8.78. The minimum absolute atomic E-state index is 0. The number of hydrogen-bond donors (Lipinski definition) is 2. The predicted octanol–water partition coefficient (Wildman–Crippen LogP) is 0.156. The number of fused-ring (bicyclic) bond motifs is 1. The molecule has 1 aromatic heterocycles. The highest BCUT2D eigenvalue weighted by atomic mass is 35.5. The quantitative estimate of drug-likeness (QED) is 0.723. The van der Waals surface area contributed by atoms with Gasteiger partial charge in [-0.2, -0.15) is 5.10 Å². The first-order valence-corrected chi connectivity index (χ1v) is 4.72. The van der Waals surface area contributed by atoms with Crippen LogP contribution < -0.4 is 10.6 Å². The van der Waals surface area contributed by atoms with Crippen molar-refractivity contribution in [2.45, 2.75) is 26.1 Å². The van der Waals surface area contributed by atoms with Gasteiger partial charge in [-0.1, -0.05) is 0 Å². The van der Waals surface area contributed by atoms with Crippen LogP contribution in [0, 0.1) is 0 Å². The topological polar surface area (TPSA) is 59.0 Å². The molecule has 1 amide bonds. The number of amides is 1. The van der Waals surface area contributed by atoms with E-state index < -0.39 is 0 Å². The summed E-state index contributed by atoms with van der Waals surface area (Å²) < 4.78 is 1.89. The van der Waals surface area contributed by atoms with Gasteiger partial charge in [0.1, 0.15) is 0 Å². The number of rotatable bonds is 1. The highest BCUT2D eigenvalue weighted by Crippen LogP contribution is 2.13. The Labute approximate surface area is 94.6 Å². The summed E-state index contributed by atoms with van der Waals surface area (Å²) in [6, 6.07) is 0.417. The van der Waals surface area contributed by atoms with Gasteiger partial charge in [0.05, 0.1) is 24.0 Å². The Morgan fingerprint density at radius 2 is 2.47 bits per heavy atom. The normalized spacial score (nSPS) is 18.9. The Kier molecular flexibility index (Phi) is 3.71. The zero-order chi connectivity index (χ0) is 10.1. The Balaban J connectivity index is 0.00000112. The van der Waals surface area contributed by atoms with Crippen molar-refractivity contribution in [3.8, 4) is 0 Å². The van der Waals surface area contributed by atoms with Crippen LogP contribution in [0.1, 0.15) is 23.0 Å². The molecule has 5 nitrogen and oxygen atoms in total. The molecule has 0 bridgehead atoms. The van der Waals surface area contributed by atoms with Crippen molar-refractivity contribution >= 4 is 18.3 Å². The summed E-state index contributed by atoms with van der Waals surface area (Å²) in [4.78, 5) is 11.4. The van der Waals surface area contributed by atoms with E-state index in [1.807, 2.05) is 4.68 Å². The smallest absolute Gasteiger partial charge is 0.254 e. The van der Waals surface area contributed by atoms with Gasteiger partial charge in [-0.15, -0.1) is 12.4 Å². The van der Waals surface area contributed by atoms with E-state index in [0.717, 1.165) is 12.2 Å². The summed E-state index contributed by atoms with van der Waals surface area (Å²) in [5.74, 6) is -0.0670. The second-order valence-corrected chi connectivity index (χ2v) is 3.55. The molecule has 1 aliphatic rings. The average molecular weight is 231 g/mol. The molecular formula is C9H15ClN4O. The van der Waals surface area contributed by atoms with E-state index in [0.29, 0.717) is 18.2 Å². The third-order valence-electron chi connectivity index (χ3n) is 2.49. The first kappa shape index (κ1) is 12.0. The standard InChI is InChI=1S/C9H14N4O.ClH/c1-6-5-13-8(4-11-6)7(3-12-13)9(14)10-2;/h3,6,11H,4-5H2,1-2H3,(H,10,14);1H. The van der Waals surface area contributed by atoms with Crippen LogP contribution in [0.3, 0.4) is 0 Å². The van der Waals surface area contributed by atoms with E-state index in [9.17, 15) is 4.79 Å². The van der Waals surface area contributed by atoms with Crippen LogP contribution in [-0.4, -0.2) is 28.8 Å². The number of carbonyl (C=O) groups excluding carboxylic acids is 1. The molecule has 0 spiro atoms. The van der Waals surface area contributed by atoms with Crippen molar-refractivity contribution in [1.82, 2.24) is 20.4 Å². The van der Waals surface area contributed by atoms with E-state index in [1.54, 1.807) is 13.2 Å². The molecule has 0 radical (unpaired) electrons. The predicted molar refractivity (Wildman–Crippen MR) is 59.2 cm³/mol. The van der Waals surface area contributed by atoms with Gasteiger partial charge < -0.3 is 10.6 Å². The van der Waals surface area contributed by atoms with Gasteiger partial charge in [0.15, 0.2) is 0 Å². The van der Waals surface area contributed by atoms with Gasteiger partial charge in [-0.05, 0) is 6.92 Å². The molecule has 1 aliphatic heterocycles. The highest BCUT2D eigenvalue weighted by Gasteiger charge is 2.21. The largest absolute Gasteiger partial charge is 0.355 e. The fourth-order valence-corrected chi connectivity index (χ4v) is 1.67. The van der Waals surface area contributed by atoms with E-state index in [2.05, 4.69) is 22.7 Å². The lowest BCUT2D eigenvalue weighted by Gasteiger charge is -2.22. The highest BCUT2D eigenvalue weighted by molar-refractivity contribution is 5.94. The van der Waals surface area contributed by atoms with E-state index >= 15 is 0 Å². The lowest BCUT2D eigenvalue weighted by atomic mass is 10.2. The molecule has 0 aromatic carbocycles. The van der Waals surface area contributed by atoms with Crippen molar-refractivity contribution in [3.63, 3.8) is 0 Å². The molecule has 1 aromatic rings. The molecule has 0 aliphatic carbocycles. The third-order valence-corrected chi connectivity index (χ3v) is 2.49. The molecule has 2 rings (SSSR count). The molecule has 1 atom stereocenters. The molecule has 0 fully saturated rings. The zero-order valence-corrected chi connectivity index (χ0v) is 9.60. The summed E-state index contributed by atoms with van der Waals surface area (Å²) in [7, 11) is 1.63. The van der Waals surface area contributed by atoms with Crippen LogP contribution >= 0.6 is 12.4 Å². The molecule has 2 N–H and O–H groups in total. The van der Waals surface area contributed by atoms with Gasteiger partial charge >= 0.3 is 0 Å². The Hall–Kier alpha value is -1.07. The van der Waals surface area contributed by atoms with Crippen molar-refractivity contribution in [2.75, 3.05) is 7.05 Å². The minimum Gasteiger partial charge on any atom is -0.355 e. The van der Waals surface area contributed by atoms with Gasteiger partial charge in [0.2, 0.25) is 0 Å². The minimum atomic E-state index is -0.0670. The van der Waals surface area contributed by atoms with Crippen LogP contribution in [0.15, 0.2) is 6.20 Å². The number of carbonyl (C=O) groups is 1. The van der Waals surface area contributed by atoms with Crippen molar-refractivity contribution in [1.29, 1.82) is 0 Å². The van der Waals surface area contributed by atoms with Crippen molar-refractivity contribution < 1.29 is 4.79 Å². The average Bonchev–Trinajstić information content (AvgIpc) is 2.59. The monoisotopic (exact) mass is 230 g/mol. The number of nitrogens with zero attached hydrogens (tertiary/aromatic N) is 2. The summed E-state index contributed by atoms with van der Waals surface area (Å²) in [5, 5.41) is 10.1.